The molecule has 14 heavy (non-hydrogen) atoms. The van der Waals surface area contributed by atoms with Crippen molar-refractivity contribution >= 4 is 22.2 Å². The van der Waals surface area contributed by atoms with Gasteiger partial charge in [-0.3, -0.25) is 4.79 Å². The number of hydrogen-bond acceptors (Lipinski definition) is 3. The fraction of sp³-hybridized carbons (Fsp3) is 0.125. The standard InChI is InChI=1S/C8H3BrF2N2O/c9-7-6(8(10)11)5(3-14)4(1-12)2-13-7/h2-3,8H. The summed E-state index contributed by atoms with van der Waals surface area (Å²) in [5.74, 6) is 0. The van der Waals surface area contributed by atoms with Gasteiger partial charge in [0.05, 0.1) is 11.1 Å². The number of nitriles is 1. The molecule has 0 bridgehead atoms. The van der Waals surface area contributed by atoms with Crippen molar-refractivity contribution in [3.05, 3.63) is 27.5 Å². The summed E-state index contributed by atoms with van der Waals surface area (Å²) in [6.07, 6.45) is -1.54. The highest BCUT2D eigenvalue weighted by Gasteiger charge is 2.20. The number of aldehydes is 1. The van der Waals surface area contributed by atoms with Crippen LogP contribution in [0.25, 0.3) is 0 Å². The molecule has 0 aliphatic carbocycles. The molecule has 0 aromatic carbocycles. The lowest BCUT2D eigenvalue weighted by molar-refractivity contribution is 0.110. The van der Waals surface area contributed by atoms with E-state index >= 15 is 0 Å². The number of alkyl halides is 2. The Kier molecular flexibility index (Phi) is 3.25. The Hall–Kier alpha value is -1.35. The SMILES string of the molecule is N#Cc1cnc(Br)c(C(F)F)c1C=O. The second-order valence-electron chi connectivity index (χ2n) is 2.32. The molecule has 0 spiro atoms. The second kappa shape index (κ2) is 4.24. The number of pyridine rings is 1. The molecule has 1 aromatic heterocycles. The average molecular weight is 261 g/mol. The third-order valence-electron chi connectivity index (χ3n) is 1.57. The average Bonchev–Trinajstić information content (AvgIpc) is 2.16. The van der Waals surface area contributed by atoms with Gasteiger partial charge in [-0.1, -0.05) is 0 Å². The maximum Gasteiger partial charge on any atom is 0.267 e. The summed E-state index contributed by atoms with van der Waals surface area (Å²) in [7, 11) is 0. The first-order valence-electron chi connectivity index (χ1n) is 3.43. The minimum absolute atomic E-state index is 0.117. The Bertz CT molecular complexity index is 415. The molecule has 0 aliphatic heterocycles. The summed E-state index contributed by atoms with van der Waals surface area (Å²) in [5, 5.41) is 8.54. The van der Waals surface area contributed by atoms with Crippen LogP contribution >= 0.6 is 15.9 Å². The van der Waals surface area contributed by atoms with Crippen molar-refractivity contribution < 1.29 is 13.6 Å². The number of rotatable bonds is 2. The molecule has 0 amide bonds. The van der Waals surface area contributed by atoms with Crippen LogP contribution in [0.3, 0.4) is 0 Å². The van der Waals surface area contributed by atoms with Crippen molar-refractivity contribution in [2.75, 3.05) is 0 Å². The number of aromatic nitrogens is 1. The van der Waals surface area contributed by atoms with E-state index in [0.717, 1.165) is 6.20 Å². The molecule has 1 aromatic rings. The van der Waals surface area contributed by atoms with Crippen LogP contribution in [0.4, 0.5) is 8.78 Å². The molecule has 0 aliphatic rings. The molecule has 1 rings (SSSR count). The van der Waals surface area contributed by atoms with Crippen molar-refractivity contribution in [2.24, 2.45) is 0 Å². The van der Waals surface area contributed by atoms with Gasteiger partial charge in [0.25, 0.3) is 6.43 Å². The number of carbonyl (C=O) groups is 1. The first-order valence-corrected chi connectivity index (χ1v) is 4.23. The summed E-state index contributed by atoms with van der Waals surface area (Å²) in [4.78, 5) is 14.1. The highest BCUT2D eigenvalue weighted by molar-refractivity contribution is 9.10. The van der Waals surface area contributed by atoms with Gasteiger partial charge in [-0.15, -0.1) is 0 Å². The van der Waals surface area contributed by atoms with Crippen molar-refractivity contribution in [3.8, 4) is 6.07 Å². The fourth-order valence-corrected chi connectivity index (χ4v) is 1.43. The van der Waals surface area contributed by atoms with Crippen LogP contribution in [-0.4, -0.2) is 11.3 Å². The summed E-state index contributed by atoms with van der Waals surface area (Å²) < 4.78 is 24.8. The second-order valence-corrected chi connectivity index (χ2v) is 3.07. The largest absolute Gasteiger partial charge is 0.298 e. The normalized spacial score (nSPS) is 9.93. The van der Waals surface area contributed by atoms with E-state index in [1.807, 2.05) is 0 Å². The van der Waals surface area contributed by atoms with E-state index in [2.05, 4.69) is 20.9 Å². The quantitative estimate of drug-likeness (QED) is 0.607. The Morgan fingerprint density at radius 3 is 2.71 bits per heavy atom. The molecule has 0 atom stereocenters. The van der Waals surface area contributed by atoms with Crippen LogP contribution < -0.4 is 0 Å². The third kappa shape index (κ3) is 1.77. The monoisotopic (exact) mass is 260 g/mol. The van der Waals surface area contributed by atoms with E-state index in [-0.39, 0.29) is 22.0 Å². The Labute approximate surface area is 86.5 Å². The van der Waals surface area contributed by atoms with Gasteiger partial charge in [-0.05, 0) is 15.9 Å². The maximum atomic E-state index is 12.5. The lowest BCUT2D eigenvalue weighted by Crippen LogP contribution is -2.00. The zero-order chi connectivity index (χ0) is 10.7. The van der Waals surface area contributed by atoms with Gasteiger partial charge in [0.2, 0.25) is 0 Å². The zero-order valence-corrected chi connectivity index (χ0v) is 8.25. The molecular formula is C8H3BrF2N2O. The van der Waals surface area contributed by atoms with E-state index in [4.69, 9.17) is 5.26 Å². The van der Waals surface area contributed by atoms with Gasteiger partial charge >= 0.3 is 0 Å². The van der Waals surface area contributed by atoms with Crippen molar-refractivity contribution in [3.63, 3.8) is 0 Å². The minimum Gasteiger partial charge on any atom is -0.298 e. The summed E-state index contributed by atoms with van der Waals surface area (Å²) >= 11 is 2.79. The predicted octanol–water partition coefficient (Wildman–Crippen LogP) is 2.47. The van der Waals surface area contributed by atoms with E-state index in [0.29, 0.717) is 0 Å². The van der Waals surface area contributed by atoms with Crippen LogP contribution in [0, 0.1) is 11.3 Å². The van der Waals surface area contributed by atoms with Gasteiger partial charge in [-0.25, -0.2) is 13.8 Å². The number of halogens is 3. The Balaban J connectivity index is 3.52. The van der Waals surface area contributed by atoms with Crippen molar-refractivity contribution in [2.45, 2.75) is 6.43 Å². The Morgan fingerprint density at radius 2 is 2.29 bits per heavy atom. The molecule has 3 nitrogen and oxygen atoms in total. The first-order chi connectivity index (χ1) is 6.61. The lowest BCUT2D eigenvalue weighted by Gasteiger charge is -2.06. The van der Waals surface area contributed by atoms with Crippen LogP contribution in [0.5, 0.6) is 0 Å². The van der Waals surface area contributed by atoms with Gasteiger partial charge in [0, 0.05) is 11.8 Å². The fourth-order valence-electron chi connectivity index (χ4n) is 0.940. The third-order valence-corrected chi connectivity index (χ3v) is 2.20. The van der Waals surface area contributed by atoms with Crippen molar-refractivity contribution in [1.29, 1.82) is 5.26 Å². The van der Waals surface area contributed by atoms with Crippen LogP contribution in [-0.2, 0) is 0 Å². The maximum absolute atomic E-state index is 12.5. The number of hydrogen-bond donors (Lipinski definition) is 0. The zero-order valence-electron chi connectivity index (χ0n) is 6.67. The molecule has 0 N–H and O–H groups in total. The highest BCUT2D eigenvalue weighted by atomic mass is 79.9. The molecule has 6 heteroatoms. The number of carbonyl (C=O) groups excluding carboxylic acids is 1. The Morgan fingerprint density at radius 1 is 1.64 bits per heavy atom. The van der Waals surface area contributed by atoms with Crippen molar-refractivity contribution in [1.82, 2.24) is 4.98 Å². The molecule has 72 valence electrons. The predicted molar refractivity (Wildman–Crippen MR) is 47.0 cm³/mol. The van der Waals surface area contributed by atoms with Gasteiger partial charge in [0.15, 0.2) is 6.29 Å². The van der Waals surface area contributed by atoms with Crippen LogP contribution in [0.1, 0.15) is 27.9 Å². The van der Waals surface area contributed by atoms with Gasteiger partial charge in [0.1, 0.15) is 10.7 Å². The van der Waals surface area contributed by atoms with E-state index < -0.39 is 12.0 Å². The molecule has 0 unspecified atom stereocenters. The van der Waals surface area contributed by atoms with E-state index in [1.54, 1.807) is 6.07 Å². The van der Waals surface area contributed by atoms with Gasteiger partial charge in [-0.2, -0.15) is 5.26 Å². The summed E-state index contributed by atoms with van der Waals surface area (Å²) in [6.45, 7) is 0. The number of nitrogens with zero attached hydrogens (tertiary/aromatic N) is 2. The topological polar surface area (TPSA) is 53.8 Å². The van der Waals surface area contributed by atoms with Crippen LogP contribution in [0.15, 0.2) is 10.8 Å². The van der Waals surface area contributed by atoms with E-state index in [9.17, 15) is 13.6 Å². The molecule has 0 radical (unpaired) electrons. The van der Waals surface area contributed by atoms with Crippen LogP contribution in [0.2, 0.25) is 0 Å². The highest BCUT2D eigenvalue weighted by Crippen LogP contribution is 2.29. The minimum atomic E-state index is -2.84. The molecular weight excluding hydrogens is 258 g/mol. The first kappa shape index (κ1) is 10.7. The van der Waals surface area contributed by atoms with Gasteiger partial charge < -0.3 is 0 Å². The molecule has 0 fully saturated rings. The summed E-state index contributed by atoms with van der Waals surface area (Å²) in [6, 6.07) is 1.62. The van der Waals surface area contributed by atoms with E-state index in [1.165, 1.54) is 0 Å². The smallest absolute Gasteiger partial charge is 0.267 e. The molecule has 0 saturated carbocycles. The lowest BCUT2D eigenvalue weighted by atomic mass is 10.1. The molecule has 0 saturated heterocycles. The summed E-state index contributed by atoms with van der Waals surface area (Å²) in [5.41, 5.74) is -1.01. The molecule has 1 heterocycles.